The zero-order valence-electron chi connectivity index (χ0n) is 22.5. The number of hydrogen-bond acceptors (Lipinski definition) is 9. The predicted octanol–water partition coefficient (Wildman–Crippen LogP) is 2.62. The quantitative estimate of drug-likeness (QED) is 0.305. The molecule has 3 aromatic heterocycles. The van der Waals surface area contributed by atoms with E-state index in [4.69, 9.17) is 15.2 Å². The summed E-state index contributed by atoms with van der Waals surface area (Å²) in [4.78, 5) is 41.2. The van der Waals surface area contributed by atoms with Gasteiger partial charge >= 0.3 is 5.69 Å². The van der Waals surface area contributed by atoms with Crippen LogP contribution in [-0.2, 0) is 16.1 Å². The van der Waals surface area contributed by atoms with Crippen molar-refractivity contribution < 1.29 is 18.7 Å². The summed E-state index contributed by atoms with van der Waals surface area (Å²) >= 11 is 1.10. The zero-order valence-corrected chi connectivity index (χ0v) is 23.4. The standard InChI is InChI=1S/C26H28FN7O5S/c1-14-20-22(36)33(15(2)21(29)35)25(37)32(24(20)40-23(14)34-30-8-9-31-34)11-19(39-13-26(3,4)12-28)17-10-16(27)6-7-18(17)38-5/h6-10,15,19H,11,13H2,1-5H3,(H2,29,35)/t15-,19-/m0/s1. The maximum Gasteiger partial charge on any atom is 0.332 e. The molecule has 0 fully saturated rings. The molecule has 4 aromatic rings. The van der Waals surface area contributed by atoms with E-state index in [1.165, 1.54) is 54.0 Å². The van der Waals surface area contributed by atoms with Gasteiger partial charge < -0.3 is 15.2 Å². The number of carbonyl (C=O) groups is 1. The Labute approximate surface area is 232 Å². The first kappa shape index (κ1) is 28.7. The van der Waals surface area contributed by atoms with Crippen molar-refractivity contribution in [2.75, 3.05) is 13.7 Å². The van der Waals surface area contributed by atoms with E-state index in [1.54, 1.807) is 20.8 Å². The number of carbonyl (C=O) groups excluding carboxylic acids is 1. The highest BCUT2D eigenvalue weighted by Gasteiger charge is 2.29. The van der Waals surface area contributed by atoms with Crippen molar-refractivity contribution in [3.8, 4) is 16.8 Å². The molecule has 0 aliphatic heterocycles. The fourth-order valence-electron chi connectivity index (χ4n) is 4.20. The molecule has 0 spiro atoms. The largest absolute Gasteiger partial charge is 0.496 e. The molecule has 0 unspecified atom stereocenters. The number of aryl methyl sites for hydroxylation is 1. The second-order valence-electron chi connectivity index (χ2n) is 9.86. The van der Waals surface area contributed by atoms with Crippen LogP contribution >= 0.6 is 11.3 Å². The molecule has 0 bridgehead atoms. The maximum absolute atomic E-state index is 14.4. The lowest BCUT2D eigenvalue weighted by atomic mass is 9.97. The van der Waals surface area contributed by atoms with Crippen LogP contribution < -0.4 is 21.7 Å². The summed E-state index contributed by atoms with van der Waals surface area (Å²) in [7, 11) is 1.41. The number of thiophene rings is 1. The number of rotatable bonds is 10. The van der Waals surface area contributed by atoms with Gasteiger partial charge in [-0.05, 0) is 45.9 Å². The molecule has 1 aromatic carbocycles. The first-order valence-electron chi connectivity index (χ1n) is 12.2. The number of nitrogens with zero attached hydrogens (tertiary/aromatic N) is 6. The van der Waals surface area contributed by atoms with E-state index >= 15 is 0 Å². The van der Waals surface area contributed by atoms with Crippen LogP contribution in [0.3, 0.4) is 0 Å². The van der Waals surface area contributed by atoms with E-state index in [0.717, 1.165) is 15.9 Å². The first-order chi connectivity index (χ1) is 18.9. The van der Waals surface area contributed by atoms with E-state index in [2.05, 4.69) is 16.3 Å². The minimum absolute atomic E-state index is 0.0605. The van der Waals surface area contributed by atoms with Crippen molar-refractivity contribution in [2.45, 2.75) is 46.4 Å². The summed E-state index contributed by atoms with van der Waals surface area (Å²) in [5, 5.41) is 18.5. The highest BCUT2D eigenvalue weighted by molar-refractivity contribution is 7.21. The Bertz CT molecular complexity index is 1730. The van der Waals surface area contributed by atoms with Crippen LogP contribution in [0.4, 0.5) is 4.39 Å². The van der Waals surface area contributed by atoms with Crippen LogP contribution in [0, 0.1) is 29.5 Å². The summed E-state index contributed by atoms with van der Waals surface area (Å²) in [5.74, 6) is -1.14. The van der Waals surface area contributed by atoms with E-state index in [0.29, 0.717) is 21.9 Å². The van der Waals surface area contributed by atoms with Crippen molar-refractivity contribution in [3.05, 3.63) is 68.4 Å². The SMILES string of the molecule is COc1ccc(F)cc1[C@H](Cn1c(=O)n([C@@H](C)C(N)=O)c(=O)c2c(C)c(-n3nccn3)sc21)OCC(C)(C)C#N. The summed E-state index contributed by atoms with van der Waals surface area (Å²) in [5.41, 5.74) is 3.87. The van der Waals surface area contributed by atoms with Gasteiger partial charge in [0.05, 0.1) is 49.5 Å². The normalized spacial score (nSPS) is 13.2. The van der Waals surface area contributed by atoms with Gasteiger partial charge in [-0.25, -0.2) is 13.8 Å². The number of methoxy groups -OCH3 is 1. The van der Waals surface area contributed by atoms with Crippen molar-refractivity contribution in [2.24, 2.45) is 11.1 Å². The third kappa shape index (κ3) is 5.25. The Hall–Kier alpha value is -4.35. The van der Waals surface area contributed by atoms with Crippen molar-refractivity contribution in [1.29, 1.82) is 5.26 Å². The molecule has 40 heavy (non-hydrogen) atoms. The zero-order chi connectivity index (χ0) is 29.4. The molecule has 2 atom stereocenters. The number of nitrogens with two attached hydrogens (primary N) is 1. The highest BCUT2D eigenvalue weighted by atomic mass is 32.1. The number of benzene rings is 1. The predicted molar refractivity (Wildman–Crippen MR) is 145 cm³/mol. The minimum Gasteiger partial charge on any atom is -0.496 e. The van der Waals surface area contributed by atoms with Crippen molar-refractivity contribution in [1.82, 2.24) is 24.1 Å². The molecule has 0 saturated heterocycles. The van der Waals surface area contributed by atoms with Gasteiger partial charge in [-0.2, -0.15) is 15.5 Å². The summed E-state index contributed by atoms with van der Waals surface area (Å²) in [6, 6.07) is 4.78. The lowest BCUT2D eigenvalue weighted by Crippen LogP contribution is -2.45. The van der Waals surface area contributed by atoms with E-state index < -0.39 is 40.5 Å². The Morgan fingerprint density at radius 1 is 1.27 bits per heavy atom. The fourth-order valence-corrected chi connectivity index (χ4v) is 5.42. The lowest BCUT2D eigenvalue weighted by molar-refractivity contribution is -0.120. The number of nitriles is 1. The molecule has 14 heteroatoms. The fraction of sp³-hybridized carbons (Fsp3) is 0.385. The van der Waals surface area contributed by atoms with Crippen molar-refractivity contribution >= 4 is 27.5 Å². The number of ether oxygens (including phenoxy) is 2. The van der Waals surface area contributed by atoms with Gasteiger partial charge in [-0.3, -0.25) is 14.2 Å². The highest BCUT2D eigenvalue weighted by Crippen LogP contribution is 2.34. The number of hydrogen-bond donors (Lipinski definition) is 1. The van der Waals surface area contributed by atoms with Crippen LogP contribution in [0.5, 0.6) is 5.75 Å². The van der Waals surface area contributed by atoms with E-state index in [9.17, 15) is 24.0 Å². The molecular weight excluding hydrogens is 541 g/mol. The van der Waals surface area contributed by atoms with E-state index in [1.807, 2.05) is 0 Å². The van der Waals surface area contributed by atoms with Crippen LogP contribution in [0.2, 0.25) is 0 Å². The Balaban J connectivity index is 2.01. The molecule has 4 rings (SSSR count). The molecule has 0 saturated carbocycles. The maximum atomic E-state index is 14.4. The average Bonchev–Trinajstić information content (AvgIpc) is 3.56. The topological polar surface area (TPSA) is 160 Å². The summed E-state index contributed by atoms with van der Waals surface area (Å²) < 4.78 is 28.1. The molecule has 3 heterocycles. The molecule has 12 nitrogen and oxygen atoms in total. The van der Waals surface area contributed by atoms with Crippen LogP contribution in [0.1, 0.15) is 44.0 Å². The smallest absolute Gasteiger partial charge is 0.332 e. The van der Waals surface area contributed by atoms with Crippen molar-refractivity contribution in [3.63, 3.8) is 0 Å². The number of aromatic nitrogens is 5. The number of primary amides is 1. The van der Waals surface area contributed by atoms with Gasteiger partial charge in [0.2, 0.25) is 5.91 Å². The number of halogens is 1. The lowest BCUT2D eigenvalue weighted by Gasteiger charge is -2.25. The second kappa shape index (κ2) is 11.0. The molecule has 210 valence electrons. The Kier molecular flexibility index (Phi) is 7.90. The molecule has 2 N–H and O–H groups in total. The molecule has 0 radical (unpaired) electrons. The average molecular weight is 570 g/mol. The van der Waals surface area contributed by atoms with Gasteiger partial charge in [-0.1, -0.05) is 11.3 Å². The number of fused-ring (bicyclic) bond motifs is 1. The third-order valence-electron chi connectivity index (χ3n) is 6.45. The Morgan fingerprint density at radius 2 is 1.95 bits per heavy atom. The van der Waals surface area contributed by atoms with Gasteiger partial charge in [0.25, 0.3) is 5.56 Å². The summed E-state index contributed by atoms with van der Waals surface area (Å²) in [6.45, 7) is 6.13. The first-order valence-corrected chi connectivity index (χ1v) is 13.0. The van der Waals surface area contributed by atoms with Crippen LogP contribution in [0.15, 0.2) is 40.2 Å². The van der Waals surface area contributed by atoms with Gasteiger partial charge in [0, 0.05) is 11.1 Å². The van der Waals surface area contributed by atoms with E-state index in [-0.39, 0.29) is 23.4 Å². The van der Waals surface area contributed by atoms with Crippen LogP contribution in [-0.4, -0.2) is 43.8 Å². The monoisotopic (exact) mass is 569 g/mol. The number of amides is 1. The molecule has 0 aliphatic rings. The second-order valence-corrected chi connectivity index (χ2v) is 10.8. The molecular formula is C26H28FN7O5S. The van der Waals surface area contributed by atoms with Gasteiger partial charge in [-0.15, -0.1) is 4.80 Å². The third-order valence-corrected chi connectivity index (χ3v) is 7.73. The Morgan fingerprint density at radius 3 is 2.55 bits per heavy atom. The van der Waals surface area contributed by atoms with Gasteiger partial charge in [0.15, 0.2) is 0 Å². The molecule has 0 aliphatic carbocycles. The van der Waals surface area contributed by atoms with Gasteiger partial charge in [0.1, 0.15) is 33.5 Å². The summed E-state index contributed by atoms with van der Waals surface area (Å²) in [6.07, 6.45) is 1.95. The molecule has 1 amide bonds. The minimum atomic E-state index is -1.26. The van der Waals surface area contributed by atoms with Crippen LogP contribution in [0.25, 0.3) is 15.2 Å².